The zero-order chi connectivity index (χ0) is 20.2. The van der Waals surface area contributed by atoms with Crippen molar-refractivity contribution in [2.24, 2.45) is 5.41 Å². The average molecular weight is 432 g/mol. The molecule has 0 radical (unpaired) electrons. The summed E-state index contributed by atoms with van der Waals surface area (Å²) in [5.74, 6) is 0.896. The van der Waals surface area contributed by atoms with Gasteiger partial charge in [0.05, 0.1) is 40.8 Å². The number of fused-ring (bicyclic) bond motifs is 1. The van der Waals surface area contributed by atoms with Crippen molar-refractivity contribution in [2.45, 2.75) is 39.2 Å². The van der Waals surface area contributed by atoms with Crippen molar-refractivity contribution in [3.63, 3.8) is 0 Å². The van der Waals surface area contributed by atoms with E-state index in [0.717, 1.165) is 61.5 Å². The molecule has 0 bridgehead atoms. The van der Waals surface area contributed by atoms with E-state index in [2.05, 4.69) is 21.9 Å². The molecule has 1 spiro atoms. The average Bonchev–Trinajstić information content (AvgIpc) is 3.29. The summed E-state index contributed by atoms with van der Waals surface area (Å²) >= 11 is 12.7. The molecule has 2 saturated heterocycles. The Morgan fingerprint density at radius 2 is 1.97 bits per heavy atom. The highest BCUT2D eigenvalue weighted by atomic mass is 35.5. The van der Waals surface area contributed by atoms with E-state index in [0.29, 0.717) is 27.2 Å². The number of aromatic nitrogens is 4. The number of halogens is 2. The van der Waals surface area contributed by atoms with Crippen LogP contribution in [0.4, 0.5) is 5.82 Å². The minimum absolute atomic E-state index is 0.346. The Morgan fingerprint density at radius 1 is 1.17 bits per heavy atom. The molecule has 8 heteroatoms. The van der Waals surface area contributed by atoms with Crippen LogP contribution in [0.25, 0.3) is 16.9 Å². The largest absolute Gasteiger partial charge is 0.378 e. The van der Waals surface area contributed by atoms with Crippen LogP contribution in [0.3, 0.4) is 0 Å². The Bertz CT molecular complexity index is 1070. The number of benzene rings is 1. The first-order chi connectivity index (χ1) is 14.0. The third-order valence-corrected chi connectivity index (χ3v) is 7.08. The zero-order valence-corrected chi connectivity index (χ0v) is 18.0. The van der Waals surface area contributed by atoms with Crippen molar-refractivity contribution in [2.75, 3.05) is 24.6 Å². The normalized spacial score (nSPS) is 21.4. The van der Waals surface area contributed by atoms with Gasteiger partial charge in [0.15, 0.2) is 5.65 Å². The van der Waals surface area contributed by atoms with E-state index in [1.165, 1.54) is 0 Å². The van der Waals surface area contributed by atoms with Gasteiger partial charge < -0.3 is 9.64 Å². The van der Waals surface area contributed by atoms with E-state index < -0.39 is 0 Å². The Kier molecular flexibility index (Phi) is 4.68. The standard InChI is InChI=1S/C21H23Cl2N5O/c1-13-3-4-15(22)18(23)19(13)28-20-16(10-25-28)26-17(11-24-20)27-7-5-21(6-8-27)9-14(2)29-12-21/h3-4,10-11,14H,5-9,12H2,1-2H3/t14-/m0/s1. The molecule has 0 unspecified atom stereocenters. The van der Waals surface area contributed by atoms with Crippen LogP contribution in [0.5, 0.6) is 0 Å². The lowest BCUT2D eigenvalue weighted by molar-refractivity contribution is 0.0976. The van der Waals surface area contributed by atoms with Crippen LogP contribution >= 0.6 is 23.2 Å². The lowest BCUT2D eigenvalue weighted by atomic mass is 9.77. The van der Waals surface area contributed by atoms with Gasteiger partial charge in [-0.05, 0) is 50.2 Å². The fourth-order valence-corrected chi connectivity index (χ4v) is 5.07. The molecule has 6 nitrogen and oxygen atoms in total. The number of aryl methyl sites for hydroxylation is 1. The second-order valence-corrected chi connectivity index (χ2v) is 9.12. The highest BCUT2D eigenvalue weighted by Gasteiger charge is 2.41. The second-order valence-electron chi connectivity index (χ2n) is 8.33. The Hall–Kier alpha value is -1.89. The topological polar surface area (TPSA) is 56.1 Å². The highest BCUT2D eigenvalue weighted by Crippen LogP contribution is 2.42. The predicted molar refractivity (Wildman–Crippen MR) is 115 cm³/mol. The highest BCUT2D eigenvalue weighted by molar-refractivity contribution is 6.43. The van der Waals surface area contributed by atoms with E-state index >= 15 is 0 Å². The van der Waals surface area contributed by atoms with Gasteiger partial charge in [-0.2, -0.15) is 5.10 Å². The SMILES string of the molecule is Cc1ccc(Cl)c(Cl)c1-n1ncc2nc(N3CCC4(CC3)CO[C@@H](C)C4)cnc21. The molecular weight excluding hydrogens is 409 g/mol. The number of ether oxygens (including phenoxy) is 1. The molecule has 0 N–H and O–H groups in total. The van der Waals surface area contributed by atoms with E-state index in [-0.39, 0.29) is 0 Å². The Morgan fingerprint density at radius 3 is 2.69 bits per heavy atom. The summed E-state index contributed by atoms with van der Waals surface area (Å²) < 4.78 is 7.56. The van der Waals surface area contributed by atoms with Gasteiger partial charge in [0.1, 0.15) is 11.3 Å². The summed E-state index contributed by atoms with van der Waals surface area (Å²) in [7, 11) is 0. The fourth-order valence-electron chi connectivity index (χ4n) is 4.62. The van der Waals surface area contributed by atoms with Gasteiger partial charge in [-0.3, -0.25) is 0 Å². The van der Waals surface area contributed by atoms with Gasteiger partial charge in [-0.25, -0.2) is 14.6 Å². The molecule has 2 aliphatic heterocycles. The third kappa shape index (κ3) is 3.27. The smallest absolute Gasteiger partial charge is 0.181 e. The van der Waals surface area contributed by atoms with Crippen molar-refractivity contribution in [1.82, 2.24) is 19.7 Å². The van der Waals surface area contributed by atoms with E-state index in [4.69, 9.17) is 32.9 Å². The van der Waals surface area contributed by atoms with E-state index in [1.54, 1.807) is 16.9 Å². The minimum Gasteiger partial charge on any atom is -0.378 e. The summed E-state index contributed by atoms with van der Waals surface area (Å²) in [4.78, 5) is 11.8. The molecule has 5 rings (SSSR count). The number of rotatable bonds is 2. The molecule has 0 aliphatic carbocycles. The first-order valence-corrected chi connectivity index (χ1v) is 10.7. The molecule has 3 aromatic rings. The van der Waals surface area contributed by atoms with Gasteiger partial charge in [-0.15, -0.1) is 0 Å². The molecule has 4 heterocycles. The van der Waals surface area contributed by atoms with Crippen LogP contribution in [-0.4, -0.2) is 45.5 Å². The zero-order valence-electron chi connectivity index (χ0n) is 16.5. The molecule has 152 valence electrons. The third-order valence-electron chi connectivity index (χ3n) is 6.29. The van der Waals surface area contributed by atoms with Crippen molar-refractivity contribution < 1.29 is 4.74 Å². The summed E-state index contributed by atoms with van der Waals surface area (Å²) in [6.07, 6.45) is 7.38. The van der Waals surface area contributed by atoms with Crippen LogP contribution in [0.1, 0.15) is 31.7 Å². The molecule has 1 aromatic carbocycles. The number of nitrogens with zero attached hydrogens (tertiary/aromatic N) is 5. The van der Waals surface area contributed by atoms with Gasteiger partial charge >= 0.3 is 0 Å². The van der Waals surface area contributed by atoms with Crippen LogP contribution in [0.2, 0.25) is 10.0 Å². The van der Waals surface area contributed by atoms with Crippen LogP contribution in [-0.2, 0) is 4.74 Å². The lowest BCUT2D eigenvalue weighted by Crippen LogP contribution is -2.41. The molecule has 2 fully saturated rings. The van der Waals surface area contributed by atoms with Crippen LogP contribution < -0.4 is 4.90 Å². The summed E-state index contributed by atoms with van der Waals surface area (Å²) in [6, 6.07) is 3.72. The molecule has 0 amide bonds. The van der Waals surface area contributed by atoms with Crippen LogP contribution in [0.15, 0.2) is 24.5 Å². The molecular formula is C21H23Cl2N5O. The minimum atomic E-state index is 0.346. The Labute approximate surface area is 179 Å². The number of hydrogen-bond donors (Lipinski definition) is 0. The van der Waals surface area contributed by atoms with Gasteiger partial charge in [0.2, 0.25) is 0 Å². The van der Waals surface area contributed by atoms with Gasteiger partial charge in [0, 0.05) is 13.1 Å². The quantitative estimate of drug-likeness (QED) is 0.581. The van der Waals surface area contributed by atoms with Crippen molar-refractivity contribution in [3.8, 4) is 5.69 Å². The molecule has 29 heavy (non-hydrogen) atoms. The second kappa shape index (κ2) is 7.11. The summed E-state index contributed by atoms with van der Waals surface area (Å²) in [6.45, 7) is 6.99. The van der Waals surface area contributed by atoms with Crippen molar-refractivity contribution in [3.05, 3.63) is 40.1 Å². The van der Waals surface area contributed by atoms with Crippen molar-refractivity contribution >= 4 is 40.2 Å². The maximum atomic E-state index is 6.45. The van der Waals surface area contributed by atoms with Crippen LogP contribution in [0, 0.1) is 12.3 Å². The Balaban J connectivity index is 1.43. The van der Waals surface area contributed by atoms with Gasteiger partial charge in [-0.1, -0.05) is 29.3 Å². The molecule has 1 atom stereocenters. The maximum Gasteiger partial charge on any atom is 0.181 e. The van der Waals surface area contributed by atoms with E-state index in [9.17, 15) is 0 Å². The number of anilines is 1. The maximum absolute atomic E-state index is 6.45. The number of piperidine rings is 1. The van der Waals surface area contributed by atoms with E-state index in [1.807, 2.05) is 19.2 Å². The first-order valence-electron chi connectivity index (χ1n) is 9.98. The number of hydrogen-bond acceptors (Lipinski definition) is 5. The molecule has 2 aromatic heterocycles. The first kappa shape index (κ1) is 19.1. The monoisotopic (exact) mass is 431 g/mol. The molecule has 0 saturated carbocycles. The molecule has 2 aliphatic rings. The van der Waals surface area contributed by atoms with Crippen molar-refractivity contribution in [1.29, 1.82) is 0 Å². The van der Waals surface area contributed by atoms with Gasteiger partial charge in [0.25, 0.3) is 0 Å². The summed E-state index contributed by atoms with van der Waals surface area (Å²) in [5, 5.41) is 5.46. The summed E-state index contributed by atoms with van der Waals surface area (Å²) in [5.41, 5.74) is 3.48. The lowest BCUT2D eigenvalue weighted by Gasteiger charge is -2.38. The predicted octanol–water partition coefficient (Wildman–Crippen LogP) is 4.83. The fraction of sp³-hybridized carbons (Fsp3) is 0.476.